The van der Waals surface area contributed by atoms with Crippen LogP contribution in [0.1, 0.15) is 16.1 Å². The van der Waals surface area contributed by atoms with Crippen molar-refractivity contribution in [3.8, 4) is 11.5 Å². The van der Waals surface area contributed by atoms with Crippen LogP contribution in [-0.2, 0) is 9.47 Å². The van der Waals surface area contributed by atoms with Gasteiger partial charge in [-0.25, -0.2) is 4.98 Å². The number of nitrogens with zero attached hydrogens (tertiary/aromatic N) is 1. The van der Waals surface area contributed by atoms with Gasteiger partial charge in [-0.15, -0.1) is 11.3 Å². The highest BCUT2D eigenvalue weighted by atomic mass is 79.9. The number of hydrogen-bond donors (Lipinski definition) is 2. The summed E-state index contributed by atoms with van der Waals surface area (Å²) in [6.45, 7) is 3.83. The maximum Gasteiger partial charge on any atom is 0.188 e. The number of thiazole rings is 1. The first-order chi connectivity index (χ1) is 15.6. The van der Waals surface area contributed by atoms with Crippen molar-refractivity contribution in [2.45, 2.75) is 6.92 Å². The SMILES string of the molecule is COCOc1ccc(/C=C/c2nc3cc(C)c(NCCOCCO)cc3s2)c(OC)c1Br. The average Bonchev–Trinajstić information content (AvgIpc) is 3.18. The zero-order valence-corrected chi connectivity index (χ0v) is 20.7. The molecule has 0 atom stereocenters. The van der Waals surface area contributed by atoms with Crippen LogP contribution in [0.3, 0.4) is 0 Å². The molecule has 0 bridgehead atoms. The molecule has 0 spiro atoms. The number of anilines is 1. The summed E-state index contributed by atoms with van der Waals surface area (Å²) in [4.78, 5) is 4.74. The number of rotatable bonds is 12. The second-order valence-electron chi connectivity index (χ2n) is 6.83. The number of benzene rings is 2. The van der Waals surface area contributed by atoms with Gasteiger partial charge in [0.1, 0.15) is 21.0 Å². The van der Waals surface area contributed by atoms with Crippen LogP contribution in [0.2, 0.25) is 0 Å². The van der Waals surface area contributed by atoms with E-state index in [1.165, 1.54) is 0 Å². The van der Waals surface area contributed by atoms with Crippen LogP contribution in [-0.4, -0.2) is 57.5 Å². The minimum Gasteiger partial charge on any atom is -0.495 e. The van der Waals surface area contributed by atoms with Crippen molar-refractivity contribution in [3.05, 3.63) is 44.9 Å². The lowest BCUT2D eigenvalue weighted by molar-refractivity contribution is 0.0504. The number of aliphatic hydroxyl groups excluding tert-OH is 1. The number of hydrogen-bond acceptors (Lipinski definition) is 8. The van der Waals surface area contributed by atoms with Crippen molar-refractivity contribution in [2.24, 2.45) is 0 Å². The first-order valence-corrected chi connectivity index (χ1v) is 11.7. The minimum absolute atomic E-state index is 0.0384. The van der Waals surface area contributed by atoms with E-state index in [0.29, 0.717) is 31.3 Å². The van der Waals surface area contributed by atoms with Gasteiger partial charge in [-0.05, 0) is 64.8 Å². The van der Waals surface area contributed by atoms with Gasteiger partial charge in [0.2, 0.25) is 0 Å². The molecular formula is C23H27BrN2O5S. The van der Waals surface area contributed by atoms with Gasteiger partial charge in [0.25, 0.3) is 0 Å². The molecule has 0 aliphatic heterocycles. The molecule has 1 heterocycles. The summed E-state index contributed by atoms with van der Waals surface area (Å²) in [6, 6.07) is 8.00. The quantitative estimate of drug-likeness (QED) is 0.257. The second-order valence-corrected chi connectivity index (χ2v) is 8.69. The van der Waals surface area contributed by atoms with Gasteiger partial charge < -0.3 is 29.4 Å². The highest BCUT2D eigenvalue weighted by molar-refractivity contribution is 9.10. The number of aliphatic hydroxyl groups is 1. The van der Waals surface area contributed by atoms with Gasteiger partial charge in [-0.1, -0.05) is 0 Å². The number of halogens is 1. The van der Waals surface area contributed by atoms with E-state index in [2.05, 4.69) is 40.3 Å². The van der Waals surface area contributed by atoms with Crippen LogP contribution in [0.15, 0.2) is 28.7 Å². The van der Waals surface area contributed by atoms with Gasteiger partial charge in [-0.3, -0.25) is 0 Å². The van der Waals surface area contributed by atoms with E-state index in [1.54, 1.807) is 25.6 Å². The molecule has 2 aromatic carbocycles. The molecule has 0 aliphatic rings. The number of ether oxygens (including phenoxy) is 4. The Hall–Kier alpha value is -2.17. The van der Waals surface area contributed by atoms with Gasteiger partial charge in [0, 0.05) is 24.9 Å². The van der Waals surface area contributed by atoms with Crippen molar-refractivity contribution in [1.82, 2.24) is 4.98 Å². The molecule has 172 valence electrons. The number of aromatic nitrogens is 1. The third kappa shape index (κ3) is 6.20. The molecule has 1 aromatic heterocycles. The van der Waals surface area contributed by atoms with Crippen molar-refractivity contribution < 1.29 is 24.1 Å². The zero-order chi connectivity index (χ0) is 22.9. The number of fused-ring (bicyclic) bond motifs is 1. The lowest BCUT2D eigenvalue weighted by atomic mass is 10.1. The van der Waals surface area contributed by atoms with E-state index in [1.807, 2.05) is 24.3 Å². The fourth-order valence-corrected chi connectivity index (χ4v) is 4.60. The van der Waals surface area contributed by atoms with E-state index >= 15 is 0 Å². The average molecular weight is 523 g/mol. The predicted molar refractivity (Wildman–Crippen MR) is 133 cm³/mol. The van der Waals surface area contributed by atoms with E-state index in [4.69, 9.17) is 29.0 Å². The van der Waals surface area contributed by atoms with Crippen molar-refractivity contribution >= 4 is 55.3 Å². The third-order valence-electron chi connectivity index (χ3n) is 4.58. The summed E-state index contributed by atoms with van der Waals surface area (Å²) in [6.07, 6.45) is 3.96. The molecule has 0 unspecified atom stereocenters. The Bertz CT molecular complexity index is 1070. The molecule has 0 aliphatic carbocycles. The third-order valence-corrected chi connectivity index (χ3v) is 6.32. The molecule has 0 fully saturated rings. The van der Waals surface area contributed by atoms with E-state index in [9.17, 15) is 0 Å². The summed E-state index contributed by atoms with van der Waals surface area (Å²) in [7, 11) is 3.20. The molecule has 3 aromatic rings. The molecule has 0 saturated carbocycles. The van der Waals surface area contributed by atoms with Crippen LogP contribution in [0.25, 0.3) is 22.4 Å². The maximum absolute atomic E-state index is 8.77. The number of nitrogens with one attached hydrogen (secondary N) is 1. The largest absolute Gasteiger partial charge is 0.495 e. The van der Waals surface area contributed by atoms with Gasteiger partial charge in [0.05, 0.1) is 37.1 Å². The Labute approximate surface area is 200 Å². The summed E-state index contributed by atoms with van der Waals surface area (Å²) < 4.78 is 23.2. The topological polar surface area (TPSA) is 82.1 Å². The van der Waals surface area contributed by atoms with Gasteiger partial charge in [-0.2, -0.15) is 0 Å². The highest BCUT2D eigenvalue weighted by Gasteiger charge is 2.12. The summed E-state index contributed by atoms with van der Waals surface area (Å²) in [5.74, 6) is 1.33. The van der Waals surface area contributed by atoms with E-state index in [0.717, 1.165) is 36.5 Å². The molecule has 0 radical (unpaired) electrons. The molecule has 7 nitrogen and oxygen atoms in total. The summed E-state index contributed by atoms with van der Waals surface area (Å²) >= 11 is 5.17. The Morgan fingerprint density at radius 3 is 2.78 bits per heavy atom. The first-order valence-electron chi connectivity index (χ1n) is 10.1. The van der Waals surface area contributed by atoms with Crippen LogP contribution in [0, 0.1) is 6.92 Å². The molecule has 3 rings (SSSR count). The highest BCUT2D eigenvalue weighted by Crippen LogP contribution is 2.38. The van der Waals surface area contributed by atoms with Gasteiger partial charge in [0.15, 0.2) is 6.79 Å². The van der Waals surface area contributed by atoms with Crippen molar-refractivity contribution in [3.63, 3.8) is 0 Å². The monoisotopic (exact) mass is 522 g/mol. The zero-order valence-electron chi connectivity index (χ0n) is 18.3. The Kier molecular flexibility index (Phi) is 9.31. The van der Waals surface area contributed by atoms with Crippen LogP contribution in [0.4, 0.5) is 5.69 Å². The Morgan fingerprint density at radius 1 is 1.19 bits per heavy atom. The van der Waals surface area contributed by atoms with Crippen molar-refractivity contribution in [2.75, 3.05) is 52.7 Å². The van der Waals surface area contributed by atoms with E-state index < -0.39 is 0 Å². The lowest BCUT2D eigenvalue weighted by Crippen LogP contribution is -2.11. The van der Waals surface area contributed by atoms with Crippen LogP contribution >= 0.6 is 27.3 Å². The number of aryl methyl sites for hydroxylation is 1. The molecule has 2 N–H and O–H groups in total. The summed E-state index contributed by atoms with van der Waals surface area (Å²) in [5, 5.41) is 13.1. The molecule has 9 heteroatoms. The Balaban J connectivity index is 1.76. The van der Waals surface area contributed by atoms with Crippen molar-refractivity contribution in [1.29, 1.82) is 0 Å². The smallest absolute Gasteiger partial charge is 0.188 e. The fourth-order valence-electron chi connectivity index (χ4n) is 3.07. The van der Waals surface area contributed by atoms with Gasteiger partial charge >= 0.3 is 0 Å². The molecule has 0 amide bonds. The Morgan fingerprint density at radius 2 is 2.03 bits per heavy atom. The van der Waals surface area contributed by atoms with Crippen LogP contribution < -0.4 is 14.8 Å². The standard InChI is InChI=1S/C23H27BrN2O5S/c1-15-12-18-20(13-17(15)25-8-10-30-11-9-27)32-21(26-18)7-5-16-4-6-19(31-14-28-2)22(24)23(16)29-3/h4-7,12-13,25,27H,8-11,14H2,1-3H3/b7-5+. The predicted octanol–water partition coefficient (Wildman–Crippen LogP) is 4.95. The lowest BCUT2D eigenvalue weighted by Gasteiger charge is -2.12. The normalized spacial score (nSPS) is 11.4. The minimum atomic E-state index is 0.0384. The first kappa shape index (κ1) is 24.5. The molecule has 32 heavy (non-hydrogen) atoms. The van der Waals surface area contributed by atoms with E-state index in [-0.39, 0.29) is 13.4 Å². The molecule has 0 saturated heterocycles. The van der Waals surface area contributed by atoms with Crippen LogP contribution in [0.5, 0.6) is 11.5 Å². The number of methoxy groups -OCH3 is 2. The summed E-state index contributed by atoms with van der Waals surface area (Å²) in [5.41, 5.74) is 4.05. The fraction of sp³-hybridized carbons (Fsp3) is 0.348. The maximum atomic E-state index is 8.77. The molecular weight excluding hydrogens is 496 g/mol. The second kappa shape index (κ2) is 12.2.